The number of likely N-dealkylation sites (tertiary alicyclic amines) is 1. The van der Waals surface area contributed by atoms with Crippen molar-refractivity contribution in [2.45, 2.75) is 183 Å². The molecule has 12 atom stereocenters. The van der Waals surface area contributed by atoms with Crippen LogP contribution in [0.5, 0.6) is 23.0 Å². The SMILES string of the molecule is CC(C)[C@H](NC(=O)[C@H](CCCNC(=N)N)NC(=O)[C@H](CO)NC(=O)COCCOCCNC(=S)Nc1ccc2c(c1)C(=O)OC21c2ccc(O)cc2Oc2cc(O)ccc21)C(=O)N[C@H](C(=O)N1CCC[C@H]1C(=O)N[C@H]1CNC(=O)CC[C@@H](C(=O)N[C@@H](CC(=O)O)C(=O)N[C@@H](C)C(=O)N[C@@H](CC(=O)O)C(N)=O)NC(=O)[C@H](Cc2ccccc2)NC(=O)[C@H](CCC(N)=O)NC1=O)C(C)C. The van der Waals surface area contributed by atoms with E-state index in [9.17, 15) is 112 Å². The van der Waals surface area contributed by atoms with Crippen LogP contribution in [0.4, 0.5) is 5.69 Å². The molecule has 4 aromatic rings. The number of aliphatic hydroxyl groups is 1. The summed E-state index contributed by atoms with van der Waals surface area (Å²) in [4.78, 5) is 247. The molecule has 0 aliphatic carbocycles. The number of hydrogen-bond acceptors (Lipinski definition) is 27. The molecule has 48 heteroatoms. The molecule has 714 valence electrons. The Labute approximate surface area is 760 Å². The largest absolute Gasteiger partial charge is 0.508 e. The lowest BCUT2D eigenvalue weighted by Gasteiger charge is -2.36. The summed E-state index contributed by atoms with van der Waals surface area (Å²) in [6.07, 6.45) is -4.95. The van der Waals surface area contributed by atoms with Gasteiger partial charge in [-0.15, -0.1) is 0 Å². The Morgan fingerprint density at radius 1 is 0.629 bits per heavy atom. The van der Waals surface area contributed by atoms with Crippen molar-refractivity contribution in [1.82, 2.24) is 79.3 Å². The first-order valence-electron chi connectivity index (χ1n) is 42.1. The van der Waals surface area contributed by atoms with Gasteiger partial charge in [0.2, 0.25) is 88.6 Å². The molecule has 4 aliphatic heterocycles. The van der Waals surface area contributed by atoms with Crippen LogP contribution in [0.2, 0.25) is 0 Å². The number of ether oxygens (including phenoxy) is 4. The van der Waals surface area contributed by atoms with Gasteiger partial charge in [0.25, 0.3) is 0 Å². The van der Waals surface area contributed by atoms with Crippen molar-refractivity contribution in [1.29, 1.82) is 5.41 Å². The minimum absolute atomic E-state index is 0.0172. The van der Waals surface area contributed by atoms with Crippen LogP contribution in [0.3, 0.4) is 0 Å². The molecule has 0 saturated carbocycles. The van der Waals surface area contributed by atoms with Crippen molar-refractivity contribution in [2.75, 3.05) is 64.5 Å². The summed E-state index contributed by atoms with van der Waals surface area (Å²) in [7, 11) is 0. The number of rotatable bonds is 42. The van der Waals surface area contributed by atoms with Gasteiger partial charge in [-0.05, 0) is 111 Å². The number of phenols is 2. The zero-order valence-corrected chi connectivity index (χ0v) is 73.4. The highest BCUT2D eigenvalue weighted by Gasteiger charge is 2.54. The molecule has 1 spiro atoms. The van der Waals surface area contributed by atoms with Crippen LogP contribution >= 0.6 is 12.2 Å². The number of fused-ring (bicyclic) bond motifs is 6. The van der Waals surface area contributed by atoms with E-state index in [0.717, 1.165) is 11.8 Å². The van der Waals surface area contributed by atoms with Gasteiger partial charge in [0.15, 0.2) is 16.7 Å². The number of carbonyl (C=O) groups excluding carboxylic acids is 16. The molecule has 4 aliphatic rings. The summed E-state index contributed by atoms with van der Waals surface area (Å²) < 4.78 is 23.2. The van der Waals surface area contributed by atoms with E-state index in [2.05, 4.69) is 74.4 Å². The maximum absolute atomic E-state index is 14.9. The van der Waals surface area contributed by atoms with Gasteiger partial charge >= 0.3 is 17.9 Å². The fourth-order valence-corrected chi connectivity index (χ4v) is 14.8. The number of thiocarbonyl (C=S) groups is 1. The molecule has 27 N–H and O–H groups in total. The van der Waals surface area contributed by atoms with Crippen molar-refractivity contribution in [3.05, 3.63) is 113 Å². The normalized spacial score (nSPS) is 18.5. The van der Waals surface area contributed by atoms with E-state index in [1.807, 2.05) is 5.32 Å². The Hall–Kier alpha value is -14.4. The van der Waals surface area contributed by atoms with Crippen molar-refractivity contribution in [2.24, 2.45) is 29.0 Å². The second kappa shape index (κ2) is 48.3. The monoisotopic (exact) mass is 1860 g/mol. The number of nitrogens with one attached hydrogen (secondary N) is 16. The summed E-state index contributed by atoms with van der Waals surface area (Å²) in [5.74, 6) is -21.5. The zero-order chi connectivity index (χ0) is 97.0. The summed E-state index contributed by atoms with van der Waals surface area (Å²) in [5, 5.41) is 95.2. The van der Waals surface area contributed by atoms with Crippen LogP contribution in [-0.4, -0.2) is 280 Å². The molecule has 4 heterocycles. The van der Waals surface area contributed by atoms with Gasteiger partial charge in [-0.3, -0.25) is 86.9 Å². The standard InChI is InChI=1S/C84H110N20O27S/c1-40(2)67(102-73(119)51(13-9-25-89-82(87)88)95-77(123)58(38-105)94-64(110)39-129-30-29-128-28-26-90-83(132)93-44-15-18-48-47(32-44)81(127)131-84(48)49-19-16-45(106)33-60(49)130-61-34-46(107)17-20-50(61)84)79(125)103-68(41(3)4)80(126)104-27-10-14-59(104)78(124)101-57-37-91-63(109)24-22-53(72(118)100-56(36-66(113)114)74(120)92-42(5)70(116)98-54(69(86)115)35-65(111)112)96-75(121)55(31-43-11-7-6-8-12-43)99-71(117)52(97-76(57)122)21-23-62(85)108/h6-8,11-12,15-20,32-34,40-42,51-59,67-68,105-107H,9-10,13-14,21-31,35-39H2,1-5H3,(H2,85,108)(H2,86,115)(H,91,109)(H,92,120)(H,94,110)(H,95,123)(H,96,121)(H,97,122)(H,98,116)(H,99,117)(H,100,118)(H,101,124)(H,102,119)(H,103,125)(H,111,112)(H,113,114)(H4,87,88,89)(H2,90,93,132)/t42-,51-,52-,53-,54-,55-,56-,57-,58-,59-,67-,68-/m0/s1. The van der Waals surface area contributed by atoms with Gasteiger partial charge in [-0.25, -0.2) is 4.79 Å². The number of carboxylic acids is 2. The topological polar surface area (TPSA) is 731 Å². The van der Waals surface area contributed by atoms with Crippen LogP contribution in [0, 0.1) is 17.2 Å². The summed E-state index contributed by atoms with van der Waals surface area (Å²) >= 11 is 5.49. The number of aromatic hydroxyl groups is 2. The average molecular weight is 1860 g/mol. The molecule has 0 bridgehead atoms. The molecular weight excluding hydrogens is 1750 g/mol. The predicted octanol–water partition coefficient (Wildman–Crippen LogP) is -5.25. The van der Waals surface area contributed by atoms with E-state index >= 15 is 0 Å². The first kappa shape index (κ1) is 103. The van der Waals surface area contributed by atoms with Crippen LogP contribution in [0.25, 0.3) is 0 Å². The van der Waals surface area contributed by atoms with Gasteiger partial charge < -0.3 is 146 Å². The number of benzene rings is 4. The Balaban J connectivity index is 0.870. The molecule has 2 fully saturated rings. The summed E-state index contributed by atoms with van der Waals surface area (Å²) in [6, 6.07) is 1.64. The molecule has 47 nitrogen and oxygen atoms in total. The molecular formula is C84H110N20O27S. The van der Waals surface area contributed by atoms with Crippen LogP contribution in [0.15, 0.2) is 84.9 Å². The number of nitrogens with zero attached hydrogens (tertiary/aromatic N) is 1. The number of guanidine groups is 1. The highest BCUT2D eigenvalue weighted by molar-refractivity contribution is 7.80. The predicted molar refractivity (Wildman–Crippen MR) is 466 cm³/mol. The molecule has 8 rings (SSSR count). The van der Waals surface area contributed by atoms with E-state index in [1.54, 1.807) is 88.4 Å². The minimum Gasteiger partial charge on any atom is -0.508 e. The number of esters is 1. The molecule has 2 saturated heterocycles. The molecule has 15 amide bonds. The third-order valence-corrected chi connectivity index (χ3v) is 21.6. The number of primary amides is 2. The zero-order valence-electron chi connectivity index (χ0n) is 72.6. The number of anilines is 1. The number of amides is 15. The van der Waals surface area contributed by atoms with Crippen molar-refractivity contribution < 1.29 is 131 Å². The number of aliphatic carboxylic acids is 2. The molecule has 0 aromatic heterocycles. The van der Waals surface area contributed by atoms with Crippen LogP contribution < -0.4 is 102 Å². The highest BCUT2D eigenvalue weighted by Crippen LogP contribution is 2.57. The number of carboxylic acid groups (broad SMARTS) is 2. The fourth-order valence-electron chi connectivity index (χ4n) is 14.6. The number of phenolic OH excluding ortho intramolecular Hbond substituents is 2. The summed E-state index contributed by atoms with van der Waals surface area (Å²) in [5.41, 5.74) is 17.2. The molecule has 0 unspecified atom stereocenters. The lowest BCUT2D eigenvalue weighted by molar-refractivity contribution is -0.143. The van der Waals surface area contributed by atoms with E-state index in [4.69, 9.17) is 53.8 Å². The first-order chi connectivity index (χ1) is 62.6. The molecule has 0 radical (unpaired) electrons. The van der Waals surface area contributed by atoms with Gasteiger partial charge in [0.1, 0.15) is 102 Å². The molecule has 4 aromatic carbocycles. The van der Waals surface area contributed by atoms with Crippen LogP contribution in [-0.2, 0) is 108 Å². The number of aliphatic hydroxyl groups excluding tert-OH is 1. The van der Waals surface area contributed by atoms with E-state index in [0.29, 0.717) is 27.9 Å². The van der Waals surface area contributed by atoms with Gasteiger partial charge in [-0.2, -0.15) is 0 Å². The van der Waals surface area contributed by atoms with Crippen molar-refractivity contribution in [3.63, 3.8) is 0 Å². The Morgan fingerprint density at radius 3 is 1.86 bits per heavy atom. The Morgan fingerprint density at radius 2 is 1.23 bits per heavy atom. The maximum atomic E-state index is 14.9. The second-order valence-electron chi connectivity index (χ2n) is 32.1. The maximum Gasteiger partial charge on any atom is 0.340 e. The highest BCUT2D eigenvalue weighted by atomic mass is 32.1. The third kappa shape index (κ3) is 29.0. The molecule has 132 heavy (non-hydrogen) atoms. The second-order valence-corrected chi connectivity index (χ2v) is 32.5. The van der Waals surface area contributed by atoms with Crippen LogP contribution in [0.1, 0.15) is 131 Å². The number of nitrogens with two attached hydrogens (primary N) is 3. The first-order valence-corrected chi connectivity index (χ1v) is 42.6. The van der Waals surface area contributed by atoms with E-state index in [1.165, 1.54) is 24.3 Å². The average Bonchev–Trinajstić information content (AvgIpc) is 1.52. The summed E-state index contributed by atoms with van der Waals surface area (Å²) in [6.45, 7) is 5.00. The van der Waals surface area contributed by atoms with E-state index < -0.39 is 261 Å². The lowest BCUT2D eigenvalue weighted by Crippen LogP contribution is -2.62. The van der Waals surface area contributed by atoms with Crippen molar-refractivity contribution >= 4 is 135 Å². The lowest BCUT2D eigenvalue weighted by atomic mass is 9.77. The third-order valence-electron chi connectivity index (χ3n) is 21.4. The quantitative estimate of drug-likeness (QED) is 0.00648. The Kier molecular flexibility index (Phi) is 37.7. The smallest absolute Gasteiger partial charge is 0.340 e. The van der Waals surface area contributed by atoms with Gasteiger partial charge in [0.05, 0.1) is 44.8 Å². The fraction of sp³-hybridized carbons (Fsp3) is 0.476. The number of hydrogen-bond donors (Lipinski definition) is 24. The van der Waals surface area contributed by atoms with Gasteiger partial charge in [-0.1, -0.05) is 64.1 Å². The van der Waals surface area contributed by atoms with E-state index in [-0.39, 0.29) is 105 Å². The minimum atomic E-state index is -2.06. The van der Waals surface area contributed by atoms with Gasteiger partial charge in [0, 0.05) is 80.0 Å². The van der Waals surface area contributed by atoms with Crippen molar-refractivity contribution in [3.8, 4) is 23.0 Å². The Bertz CT molecular complexity index is 4950. The number of carbonyl (C=O) groups is 18.